The van der Waals surface area contributed by atoms with Crippen molar-refractivity contribution in [3.05, 3.63) is 11.6 Å². The van der Waals surface area contributed by atoms with Crippen LogP contribution in [0.1, 0.15) is 0 Å². The molecule has 0 bridgehead atoms. The fourth-order valence-electron chi connectivity index (χ4n) is 0.230. The molecule has 1 radical (unpaired) electrons. The Bertz CT molecular complexity index is 111. The lowest BCUT2D eigenvalue weighted by Gasteiger charge is -1.66. The van der Waals surface area contributed by atoms with E-state index >= 15 is 0 Å². The summed E-state index contributed by atoms with van der Waals surface area (Å²) in [6.07, 6.45) is 1.59. The van der Waals surface area contributed by atoms with Crippen LogP contribution in [-0.2, 0) is 10.7 Å². The van der Waals surface area contributed by atoms with Gasteiger partial charge in [-0.1, -0.05) is 0 Å². The van der Waals surface area contributed by atoms with Gasteiger partial charge in [0.2, 0.25) is 0 Å². The van der Waals surface area contributed by atoms with Crippen molar-refractivity contribution in [2.75, 3.05) is 0 Å². The van der Waals surface area contributed by atoms with Gasteiger partial charge in [0, 0.05) is 11.6 Å². The molecule has 2 nitrogen and oxygen atoms in total. The molecule has 0 saturated heterocycles. The maximum Gasteiger partial charge on any atom is 0.0769 e. The average Bonchev–Trinajstić information content (AvgIpc) is 1.86. The van der Waals surface area contributed by atoms with Gasteiger partial charge in [0.05, 0.1) is 5.55 Å². The molecule has 0 aliphatic carbocycles. The van der Waals surface area contributed by atoms with Gasteiger partial charge in [-0.25, -0.2) is 0 Å². The standard InChI is InChI=1S/C3H3N2S/c4-6-2-1-5-3-6/h1-3H. The molecule has 1 atom stereocenters. The molecule has 0 spiro atoms. The Hall–Kier alpha value is -0.440. The first-order valence-corrected chi connectivity index (χ1v) is 2.81. The number of nitrogens with zero attached hydrogens (tertiary/aromatic N) is 2. The monoisotopic (exact) mass is 99.0 g/mol. The fraction of sp³-hybridized carbons (Fsp3) is 0. The van der Waals surface area contributed by atoms with E-state index in [0.717, 1.165) is 0 Å². The van der Waals surface area contributed by atoms with E-state index in [1.165, 1.54) is 5.55 Å². The van der Waals surface area contributed by atoms with E-state index in [9.17, 15) is 0 Å². The molecule has 1 unspecified atom stereocenters. The molecular formula is C3H3N2S. The molecule has 0 N–H and O–H groups in total. The molecule has 0 aromatic carbocycles. The van der Waals surface area contributed by atoms with Crippen molar-refractivity contribution in [1.29, 1.82) is 0 Å². The predicted molar refractivity (Wildman–Crippen MR) is 27.1 cm³/mol. The fourth-order valence-corrected chi connectivity index (χ4v) is 0.690. The maximum atomic E-state index is 8.52. The van der Waals surface area contributed by atoms with Gasteiger partial charge in [-0.3, -0.25) is 4.99 Å². The third kappa shape index (κ3) is 0.542. The van der Waals surface area contributed by atoms with E-state index in [1.807, 2.05) is 0 Å². The number of rotatable bonds is 0. The lowest BCUT2D eigenvalue weighted by Crippen LogP contribution is -1.75. The van der Waals surface area contributed by atoms with Crippen molar-refractivity contribution in [2.24, 2.45) is 4.99 Å². The first-order valence-electron chi connectivity index (χ1n) is 1.50. The molecule has 1 aliphatic rings. The van der Waals surface area contributed by atoms with Gasteiger partial charge >= 0.3 is 0 Å². The molecule has 0 amide bonds. The van der Waals surface area contributed by atoms with Crippen LogP contribution < -0.4 is 4.78 Å². The summed E-state index contributed by atoms with van der Waals surface area (Å²) < 4.78 is 8.52. The summed E-state index contributed by atoms with van der Waals surface area (Å²) in [6, 6.07) is 0. The van der Waals surface area contributed by atoms with Crippen molar-refractivity contribution in [3.63, 3.8) is 0 Å². The van der Waals surface area contributed by atoms with Gasteiger partial charge in [0.1, 0.15) is 0 Å². The van der Waals surface area contributed by atoms with Gasteiger partial charge in [-0.05, 0) is 10.7 Å². The summed E-state index contributed by atoms with van der Waals surface area (Å²) in [5, 5.41) is 1.64. The number of hydrogen-bond acceptors (Lipinski definition) is 1. The molecule has 0 aromatic heterocycles. The largest absolute Gasteiger partial charge is 0.256 e. The Morgan fingerprint density at radius 3 is 2.67 bits per heavy atom. The Morgan fingerprint density at radius 2 is 2.50 bits per heavy atom. The van der Waals surface area contributed by atoms with Gasteiger partial charge in [-0.2, -0.15) is 0 Å². The predicted octanol–water partition coefficient (Wildman–Crippen LogP) is 0.101. The minimum Gasteiger partial charge on any atom is -0.256 e. The smallest absolute Gasteiger partial charge is 0.0769 e. The van der Waals surface area contributed by atoms with Gasteiger partial charge in [0.25, 0.3) is 0 Å². The lowest BCUT2D eigenvalue weighted by molar-refractivity contribution is 1.65. The van der Waals surface area contributed by atoms with Gasteiger partial charge in [-0.15, -0.1) is 4.78 Å². The van der Waals surface area contributed by atoms with Crippen molar-refractivity contribution < 1.29 is 0 Å². The summed E-state index contributed by atoms with van der Waals surface area (Å²) >= 11 is 0. The lowest BCUT2D eigenvalue weighted by atomic mass is 11.1. The zero-order chi connectivity index (χ0) is 4.41. The Balaban J connectivity index is 2.86. The van der Waals surface area contributed by atoms with E-state index in [0.29, 0.717) is 0 Å². The highest BCUT2D eigenvalue weighted by Gasteiger charge is 1.84. The second-order valence-electron chi connectivity index (χ2n) is 0.887. The van der Waals surface area contributed by atoms with Crippen LogP contribution in [0.2, 0.25) is 0 Å². The molecule has 1 heterocycles. The molecule has 1 rings (SSSR count). The van der Waals surface area contributed by atoms with Crippen molar-refractivity contribution in [3.8, 4) is 0 Å². The van der Waals surface area contributed by atoms with Crippen molar-refractivity contribution >= 4 is 16.2 Å². The van der Waals surface area contributed by atoms with E-state index in [1.54, 1.807) is 11.6 Å². The maximum absolute atomic E-state index is 8.52. The highest BCUT2D eigenvalue weighted by Crippen LogP contribution is 1.88. The van der Waals surface area contributed by atoms with Crippen LogP contribution in [-0.4, -0.2) is 5.55 Å². The summed E-state index contributed by atoms with van der Waals surface area (Å²) in [7, 11) is -0.645. The summed E-state index contributed by atoms with van der Waals surface area (Å²) in [5.74, 6) is 0. The van der Waals surface area contributed by atoms with Gasteiger partial charge in [0.15, 0.2) is 0 Å². The molecular weight excluding hydrogens is 96.1 g/mol. The minimum atomic E-state index is -0.645. The second kappa shape index (κ2) is 1.34. The van der Waals surface area contributed by atoms with Gasteiger partial charge < -0.3 is 0 Å². The van der Waals surface area contributed by atoms with Crippen LogP contribution >= 0.6 is 0 Å². The highest BCUT2D eigenvalue weighted by atomic mass is 32.2. The summed E-state index contributed by atoms with van der Waals surface area (Å²) in [6.45, 7) is 0. The van der Waals surface area contributed by atoms with E-state index in [-0.39, 0.29) is 0 Å². The van der Waals surface area contributed by atoms with Crippen LogP contribution in [0.25, 0.3) is 0 Å². The molecule has 0 saturated carbocycles. The van der Waals surface area contributed by atoms with Crippen molar-refractivity contribution in [2.45, 2.75) is 0 Å². The van der Waals surface area contributed by atoms with Crippen LogP contribution in [0.3, 0.4) is 0 Å². The second-order valence-corrected chi connectivity index (χ2v) is 2.06. The minimum absolute atomic E-state index is 0.645. The Kier molecular flexibility index (Phi) is 0.837. The molecule has 6 heavy (non-hydrogen) atoms. The third-order valence-electron chi connectivity index (χ3n) is 0.455. The summed E-state index contributed by atoms with van der Waals surface area (Å²) in [4.78, 5) is 3.62. The van der Waals surface area contributed by atoms with Crippen LogP contribution in [0, 0.1) is 0 Å². The number of hydrogen-bond donors (Lipinski definition) is 0. The van der Waals surface area contributed by atoms with Crippen molar-refractivity contribution in [1.82, 2.24) is 4.78 Å². The molecule has 1 aliphatic heterocycles. The van der Waals surface area contributed by atoms with Crippen LogP contribution in [0.15, 0.2) is 16.6 Å². The van der Waals surface area contributed by atoms with Crippen LogP contribution in [0.5, 0.6) is 0 Å². The zero-order valence-electron chi connectivity index (χ0n) is 3.03. The highest BCUT2D eigenvalue weighted by molar-refractivity contribution is 8.02. The SMILES string of the molecule is [N]=S1C=CN=C1. The first kappa shape index (κ1) is 3.74. The molecule has 3 heteroatoms. The van der Waals surface area contributed by atoms with E-state index < -0.39 is 10.7 Å². The summed E-state index contributed by atoms with van der Waals surface area (Å²) in [5.41, 5.74) is 1.50. The quantitative estimate of drug-likeness (QED) is 0.413. The third-order valence-corrected chi connectivity index (χ3v) is 1.19. The molecule has 0 aromatic rings. The zero-order valence-corrected chi connectivity index (χ0v) is 3.85. The average molecular weight is 99.1 g/mol. The van der Waals surface area contributed by atoms with Crippen LogP contribution in [0.4, 0.5) is 0 Å². The first-order chi connectivity index (χ1) is 2.89. The Morgan fingerprint density at radius 1 is 1.67 bits per heavy atom. The molecule has 31 valence electrons. The number of aliphatic imine (C=N–C) groups is 1. The normalized spacial score (nSPS) is 29.0. The van der Waals surface area contributed by atoms with E-state index in [4.69, 9.17) is 4.78 Å². The molecule has 0 fully saturated rings. The topological polar surface area (TPSA) is 34.7 Å². The Labute approximate surface area is 38.5 Å². The van der Waals surface area contributed by atoms with E-state index in [2.05, 4.69) is 4.99 Å².